The van der Waals surface area contributed by atoms with E-state index < -0.39 is 30.3 Å². The first-order valence-electron chi connectivity index (χ1n) is 24.5. The maximum absolute atomic E-state index is 13.7. The molecule has 2 aliphatic carbocycles. The van der Waals surface area contributed by atoms with Crippen LogP contribution in [0.1, 0.15) is 70.1 Å². The average molecular weight is 995 g/mol. The highest BCUT2D eigenvalue weighted by Gasteiger charge is 2.31. The van der Waals surface area contributed by atoms with Crippen LogP contribution >= 0.6 is 0 Å². The summed E-state index contributed by atoms with van der Waals surface area (Å²) in [7, 11) is 0. The molecule has 0 radical (unpaired) electrons. The lowest BCUT2D eigenvalue weighted by Gasteiger charge is -2.24. The first-order chi connectivity index (χ1) is 35.6. The van der Waals surface area contributed by atoms with Gasteiger partial charge in [-0.15, -0.1) is 0 Å². The topological polar surface area (TPSA) is 192 Å². The van der Waals surface area contributed by atoms with Crippen LogP contribution in [0.4, 0.5) is 19.2 Å². The second-order valence-corrected chi connectivity index (χ2v) is 17.3. The van der Waals surface area contributed by atoms with Gasteiger partial charge in [0.25, 0.3) is 0 Å². The van der Waals surface area contributed by atoms with Gasteiger partial charge < -0.3 is 54.0 Å². The minimum Gasteiger partial charge on any atom is -0.493 e. The van der Waals surface area contributed by atoms with Crippen molar-refractivity contribution in [2.75, 3.05) is 78.9 Å². The molecule has 0 heterocycles. The van der Waals surface area contributed by atoms with E-state index in [-0.39, 0.29) is 108 Å². The highest BCUT2D eigenvalue weighted by Crippen LogP contribution is 2.46. The quantitative estimate of drug-likeness (QED) is 0.0257. The van der Waals surface area contributed by atoms with Gasteiger partial charge in [0.1, 0.15) is 37.9 Å². The van der Waals surface area contributed by atoms with E-state index >= 15 is 0 Å². The second kappa shape index (κ2) is 26.8. The SMILES string of the molecule is C=CCOC(=O)NCCCN(CCCOc1cc(OCCCN(CCCNC(=O)OCC=C)C(=O)OCC2c3ccccc3-c3ccccc32)cc(C(=O)O)c1)C(=O)OCC1c2ccccc2-c2ccccc21. The molecule has 0 aromatic heterocycles. The summed E-state index contributed by atoms with van der Waals surface area (Å²) in [5.74, 6) is -0.930. The molecular formula is C57H62N4O12. The van der Waals surface area contributed by atoms with Crippen LogP contribution in [-0.2, 0) is 18.9 Å². The molecule has 382 valence electrons. The van der Waals surface area contributed by atoms with Crippen LogP contribution in [0, 0.1) is 0 Å². The Balaban J connectivity index is 0.931. The lowest BCUT2D eigenvalue weighted by Crippen LogP contribution is -2.36. The molecular weight excluding hydrogens is 933 g/mol. The van der Waals surface area contributed by atoms with Crippen molar-refractivity contribution in [1.82, 2.24) is 20.4 Å². The van der Waals surface area contributed by atoms with Crippen molar-refractivity contribution >= 4 is 30.3 Å². The number of nitrogens with one attached hydrogen (secondary N) is 2. The zero-order chi connectivity index (χ0) is 51.4. The van der Waals surface area contributed by atoms with Crippen molar-refractivity contribution in [3.05, 3.63) is 168 Å². The van der Waals surface area contributed by atoms with Gasteiger partial charge in [-0.05, 0) is 82.3 Å². The third-order valence-corrected chi connectivity index (χ3v) is 12.4. The molecule has 0 saturated heterocycles. The Morgan fingerprint density at radius 2 is 0.863 bits per heavy atom. The minimum atomic E-state index is -1.18. The van der Waals surface area contributed by atoms with Crippen LogP contribution in [-0.4, -0.2) is 124 Å². The van der Waals surface area contributed by atoms with Crippen molar-refractivity contribution in [2.45, 2.75) is 37.5 Å². The Hall–Kier alpha value is -8.27. The molecule has 7 rings (SSSR count). The molecule has 0 bridgehead atoms. The van der Waals surface area contributed by atoms with Gasteiger partial charge >= 0.3 is 30.3 Å². The summed E-state index contributed by atoms with van der Waals surface area (Å²) in [6.45, 7) is 9.29. The van der Waals surface area contributed by atoms with Crippen molar-refractivity contribution in [2.24, 2.45) is 0 Å². The maximum atomic E-state index is 13.7. The number of aromatic carboxylic acids is 1. The van der Waals surface area contributed by atoms with Gasteiger partial charge in [-0.1, -0.05) is 122 Å². The van der Waals surface area contributed by atoms with Crippen molar-refractivity contribution in [3.8, 4) is 33.8 Å². The summed E-state index contributed by atoms with van der Waals surface area (Å²) in [6, 6.07) is 36.7. The summed E-state index contributed by atoms with van der Waals surface area (Å²) >= 11 is 0. The fourth-order valence-electron chi connectivity index (χ4n) is 9.00. The number of carbonyl (C=O) groups excluding carboxylic acids is 4. The molecule has 2 aliphatic rings. The van der Waals surface area contributed by atoms with E-state index in [0.29, 0.717) is 25.7 Å². The number of amides is 4. The minimum absolute atomic E-state index is 0.0498. The fourth-order valence-corrected chi connectivity index (χ4v) is 9.00. The number of hydrogen-bond acceptors (Lipinski definition) is 11. The number of benzene rings is 5. The summed E-state index contributed by atoms with van der Waals surface area (Å²) < 4.78 is 34.0. The standard InChI is InChI=1S/C57H62N4O12/c1-3-31-70-54(64)58-25-13-27-60(56(66)72-38-51-47-21-9-5-17-43(47)44-18-6-10-22-48(44)51)29-15-33-68-41-35-40(53(62)63)36-42(37-41)69-34-16-30-61(28-14-26-59-55(65)71-32-4-2)57(67)73-39-52-49-23-11-7-19-45(49)46-20-8-12-24-50(46)52/h3-12,17-24,35-37,51-52H,1-2,13-16,25-34,38-39H2,(H,58,64)(H,59,65)(H,62,63). The van der Waals surface area contributed by atoms with Gasteiger partial charge in [0.15, 0.2) is 0 Å². The summed E-state index contributed by atoms with van der Waals surface area (Å²) in [5.41, 5.74) is 8.76. The van der Waals surface area contributed by atoms with Crippen molar-refractivity contribution < 1.29 is 57.5 Å². The van der Waals surface area contributed by atoms with Gasteiger partial charge in [-0.25, -0.2) is 24.0 Å². The number of alkyl carbamates (subject to hydrolysis) is 2. The number of hydrogen-bond donors (Lipinski definition) is 3. The summed E-state index contributed by atoms with van der Waals surface area (Å²) in [4.78, 5) is 66.8. The Morgan fingerprint density at radius 3 is 1.22 bits per heavy atom. The molecule has 0 atom stereocenters. The molecule has 0 spiro atoms. The molecule has 3 N–H and O–H groups in total. The molecule has 4 amide bonds. The maximum Gasteiger partial charge on any atom is 0.409 e. The van der Waals surface area contributed by atoms with Gasteiger partial charge in [0, 0.05) is 57.2 Å². The smallest absolute Gasteiger partial charge is 0.409 e. The molecule has 16 nitrogen and oxygen atoms in total. The fraction of sp³-hybridized carbons (Fsp3) is 0.316. The van der Waals surface area contributed by atoms with Crippen LogP contribution in [0.15, 0.2) is 141 Å². The van der Waals surface area contributed by atoms with E-state index in [1.807, 2.05) is 48.5 Å². The molecule has 5 aromatic rings. The number of ether oxygens (including phenoxy) is 6. The largest absolute Gasteiger partial charge is 0.493 e. The normalized spacial score (nSPS) is 11.9. The Bertz CT molecular complexity index is 2460. The molecule has 0 aliphatic heterocycles. The zero-order valence-electron chi connectivity index (χ0n) is 40.8. The first-order valence-corrected chi connectivity index (χ1v) is 24.5. The van der Waals surface area contributed by atoms with Gasteiger partial charge in [0.05, 0.1) is 18.8 Å². The summed E-state index contributed by atoms with van der Waals surface area (Å²) in [5, 5.41) is 15.3. The van der Waals surface area contributed by atoms with E-state index in [2.05, 4.69) is 72.3 Å². The Labute approximate surface area is 425 Å². The van der Waals surface area contributed by atoms with E-state index in [9.17, 15) is 29.1 Å². The number of rotatable bonds is 27. The van der Waals surface area contributed by atoms with Gasteiger partial charge in [-0.3, -0.25) is 0 Å². The highest BCUT2D eigenvalue weighted by molar-refractivity contribution is 5.88. The van der Waals surface area contributed by atoms with Gasteiger partial charge in [0.2, 0.25) is 0 Å². The highest BCUT2D eigenvalue weighted by atomic mass is 16.6. The van der Waals surface area contributed by atoms with Crippen LogP contribution in [0.2, 0.25) is 0 Å². The summed E-state index contributed by atoms with van der Waals surface area (Å²) in [6.07, 6.45) is 2.30. The van der Waals surface area contributed by atoms with E-state index in [1.165, 1.54) is 24.3 Å². The number of fused-ring (bicyclic) bond motifs is 6. The third kappa shape index (κ3) is 14.4. The molecule has 0 fully saturated rings. The molecule has 0 unspecified atom stereocenters. The average Bonchev–Trinajstić information content (AvgIpc) is 3.91. The van der Waals surface area contributed by atoms with E-state index in [0.717, 1.165) is 44.5 Å². The van der Waals surface area contributed by atoms with Crippen LogP contribution in [0.5, 0.6) is 11.5 Å². The lowest BCUT2D eigenvalue weighted by molar-refractivity contribution is 0.0694. The van der Waals surface area contributed by atoms with Crippen LogP contribution in [0.25, 0.3) is 22.3 Å². The second-order valence-electron chi connectivity index (χ2n) is 17.3. The molecule has 16 heteroatoms. The van der Waals surface area contributed by atoms with Crippen molar-refractivity contribution in [3.63, 3.8) is 0 Å². The molecule has 5 aromatic carbocycles. The molecule has 0 saturated carbocycles. The zero-order valence-corrected chi connectivity index (χ0v) is 40.8. The number of carboxylic acids is 1. The molecule has 73 heavy (non-hydrogen) atoms. The van der Waals surface area contributed by atoms with E-state index in [1.54, 1.807) is 15.9 Å². The predicted octanol–water partition coefficient (Wildman–Crippen LogP) is 10.0. The Morgan fingerprint density at radius 1 is 0.507 bits per heavy atom. The van der Waals surface area contributed by atoms with Gasteiger partial charge in [-0.2, -0.15) is 0 Å². The third-order valence-electron chi connectivity index (χ3n) is 12.4. The number of nitrogens with zero attached hydrogens (tertiary/aromatic N) is 2. The number of carboxylic acid groups (broad SMARTS) is 1. The van der Waals surface area contributed by atoms with Crippen molar-refractivity contribution in [1.29, 1.82) is 0 Å². The van der Waals surface area contributed by atoms with Crippen LogP contribution in [0.3, 0.4) is 0 Å². The predicted molar refractivity (Wildman–Crippen MR) is 275 cm³/mol. The monoisotopic (exact) mass is 994 g/mol. The lowest BCUT2D eigenvalue weighted by atomic mass is 9.98. The van der Waals surface area contributed by atoms with E-state index in [4.69, 9.17) is 28.4 Å². The first kappa shape index (κ1) is 52.6. The van der Waals surface area contributed by atoms with Crippen LogP contribution < -0.4 is 20.1 Å². The Kier molecular flexibility index (Phi) is 19.3. The number of carbonyl (C=O) groups is 5.